The molecule has 8 aromatic carbocycles. The summed E-state index contributed by atoms with van der Waals surface area (Å²) in [5, 5.41) is 14.1. The highest BCUT2D eigenvalue weighted by Crippen LogP contribution is 2.62. The molecule has 0 radical (unpaired) electrons. The van der Waals surface area contributed by atoms with Gasteiger partial charge in [0.15, 0.2) is 0 Å². The summed E-state index contributed by atoms with van der Waals surface area (Å²) >= 11 is 0. The number of hydrogen-bond acceptors (Lipinski definition) is 3. The quantitative estimate of drug-likeness (QED) is 0.167. The lowest BCUT2D eigenvalue weighted by atomic mass is 9.73. The van der Waals surface area contributed by atoms with Gasteiger partial charge in [0.2, 0.25) is 5.69 Å². The van der Waals surface area contributed by atoms with E-state index in [1.807, 2.05) is 30.3 Å². The van der Waals surface area contributed by atoms with Crippen molar-refractivity contribution in [3.63, 3.8) is 0 Å². The number of benzene rings is 8. The Balaban J connectivity index is 1.45. The zero-order valence-corrected chi connectivity index (χ0v) is 34.5. The van der Waals surface area contributed by atoms with Crippen LogP contribution >= 0.6 is 0 Å². The number of anilines is 6. The van der Waals surface area contributed by atoms with Crippen molar-refractivity contribution in [1.82, 2.24) is 4.57 Å². The van der Waals surface area contributed by atoms with E-state index in [-0.39, 0.29) is 10.8 Å². The second-order valence-electron chi connectivity index (χ2n) is 17.1. The van der Waals surface area contributed by atoms with Crippen LogP contribution in [0.15, 0.2) is 176 Å². The Bertz CT molecular complexity index is 3060. The van der Waals surface area contributed by atoms with E-state index in [9.17, 15) is 11.8 Å². The lowest BCUT2D eigenvalue weighted by Crippen LogP contribution is -2.33. The summed E-state index contributed by atoms with van der Waals surface area (Å²) in [6.07, 6.45) is 0. The van der Waals surface area contributed by atoms with Crippen LogP contribution in [-0.4, -0.2) is 4.57 Å². The maximum atomic E-state index is 11.9. The van der Waals surface area contributed by atoms with Crippen LogP contribution in [0, 0.1) is 17.9 Å². The summed E-state index contributed by atoms with van der Waals surface area (Å²) in [6, 6.07) is 64.2. The van der Waals surface area contributed by atoms with Gasteiger partial charge < -0.3 is 14.4 Å². The zero-order chi connectivity index (χ0) is 41.6. The molecule has 0 N–H and O–H groups in total. The first-order chi connectivity index (χ1) is 29.8. The number of hydrogen-bond donors (Lipinski definition) is 0. The molecule has 0 spiro atoms. The second-order valence-corrected chi connectivity index (χ2v) is 17.1. The minimum Gasteiger partial charge on any atom is -0.317 e. The summed E-state index contributed by atoms with van der Waals surface area (Å²) in [7, 11) is 0. The van der Waals surface area contributed by atoms with Gasteiger partial charge in [-0.1, -0.05) is 167 Å². The Kier molecular flexibility index (Phi) is 7.92. The molecule has 1 aromatic heterocycles. The summed E-state index contributed by atoms with van der Waals surface area (Å²) in [6.45, 7) is 18.5. The van der Waals surface area contributed by atoms with Crippen molar-refractivity contribution in [2.45, 2.75) is 38.5 Å². The number of fused-ring (bicyclic) bond motifs is 7. The Morgan fingerprint density at radius 2 is 0.836 bits per heavy atom. The standard InChI is InChI=1S/C56H41N5/c1-55(2)40-25-11-17-31-46(40)60(47-32-18-12-26-41(47)55)52-39(35-57)50(36-21-7-6-8-22-36)51(58-5)53(54(52)59-44-29-15-9-23-37(44)38-24-10-16-30-45(38)59)61-48-33-19-13-27-42(48)56(3,4)43-28-14-20-34-49(43)61/h6-34H,1-4H3. The monoisotopic (exact) mass is 783 g/mol. The van der Waals surface area contributed by atoms with Gasteiger partial charge in [0, 0.05) is 38.5 Å². The molecule has 0 fully saturated rings. The van der Waals surface area contributed by atoms with Crippen molar-refractivity contribution >= 4 is 61.6 Å². The van der Waals surface area contributed by atoms with Crippen molar-refractivity contribution in [3.05, 3.63) is 215 Å². The van der Waals surface area contributed by atoms with Crippen molar-refractivity contribution in [2.75, 3.05) is 9.80 Å². The molecule has 61 heavy (non-hydrogen) atoms. The van der Waals surface area contributed by atoms with Gasteiger partial charge in [-0.05, 0) is 64.2 Å². The van der Waals surface area contributed by atoms with Gasteiger partial charge in [-0.15, -0.1) is 0 Å². The van der Waals surface area contributed by atoms with E-state index in [2.05, 4.69) is 199 Å². The van der Waals surface area contributed by atoms with Crippen molar-refractivity contribution in [2.24, 2.45) is 0 Å². The third kappa shape index (κ3) is 4.99. The molecule has 3 heterocycles. The first kappa shape index (κ1) is 36.2. The third-order valence-corrected chi connectivity index (χ3v) is 13.2. The predicted octanol–water partition coefficient (Wildman–Crippen LogP) is 15.1. The minimum absolute atomic E-state index is 0.344. The summed E-state index contributed by atoms with van der Waals surface area (Å²) in [5.74, 6) is 0. The van der Waals surface area contributed by atoms with Crippen LogP contribution in [0.4, 0.5) is 39.8 Å². The largest absolute Gasteiger partial charge is 0.317 e. The van der Waals surface area contributed by atoms with Crippen molar-refractivity contribution < 1.29 is 0 Å². The van der Waals surface area contributed by atoms with Gasteiger partial charge in [0.25, 0.3) is 0 Å². The number of rotatable bonds is 4. The van der Waals surface area contributed by atoms with Crippen molar-refractivity contribution in [3.8, 4) is 22.9 Å². The highest BCUT2D eigenvalue weighted by Gasteiger charge is 2.44. The van der Waals surface area contributed by atoms with Gasteiger partial charge in [0.05, 0.1) is 51.6 Å². The lowest BCUT2D eigenvalue weighted by Gasteiger charge is -2.45. The summed E-state index contributed by atoms with van der Waals surface area (Å²) in [4.78, 5) is 9.21. The maximum Gasteiger partial charge on any atom is 0.221 e. The van der Waals surface area contributed by atoms with Gasteiger partial charge in [-0.25, -0.2) is 4.85 Å². The van der Waals surface area contributed by atoms with E-state index in [0.29, 0.717) is 28.2 Å². The molecule has 0 saturated heterocycles. The van der Waals surface area contributed by atoms with E-state index in [0.717, 1.165) is 78.1 Å². The number of nitrogens with zero attached hydrogens (tertiary/aromatic N) is 5. The van der Waals surface area contributed by atoms with Crippen LogP contribution in [0.25, 0.3) is 43.5 Å². The smallest absolute Gasteiger partial charge is 0.221 e. The molecule has 5 heteroatoms. The fourth-order valence-electron chi connectivity index (χ4n) is 10.4. The van der Waals surface area contributed by atoms with E-state index in [1.165, 1.54) is 0 Å². The first-order valence-electron chi connectivity index (χ1n) is 20.8. The molecule has 0 bridgehead atoms. The van der Waals surface area contributed by atoms with Gasteiger partial charge in [0.1, 0.15) is 6.07 Å². The molecule has 2 aliphatic heterocycles. The number of para-hydroxylation sites is 6. The normalized spacial score (nSPS) is 14.4. The Morgan fingerprint density at radius 1 is 0.459 bits per heavy atom. The Morgan fingerprint density at radius 3 is 1.26 bits per heavy atom. The number of nitriles is 1. The fraction of sp³-hybridized carbons (Fsp3) is 0.107. The summed E-state index contributed by atoms with van der Waals surface area (Å²) < 4.78 is 2.33. The van der Waals surface area contributed by atoms with E-state index in [1.54, 1.807) is 0 Å². The van der Waals surface area contributed by atoms with E-state index in [4.69, 9.17) is 0 Å². The molecule has 0 atom stereocenters. The summed E-state index contributed by atoms with van der Waals surface area (Å²) in [5.41, 5.74) is 14.3. The average Bonchev–Trinajstić information content (AvgIpc) is 3.63. The minimum atomic E-state index is -0.346. The van der Waals surface area contributed by atoms with Crippen LogP contribution in [-0.2, 0) is 10.8 Å². The van der Waals surface area contributed by atoms with Crippen LogP contribution in [0.5, 0.6) is 0 Å². The molecule has 290 valence electrons. The highest BCUT2D eigenvalue weighted by molar-refractivity contribution is 6.15. The van der Waals surface area contributed by atoms with Gasteiger partial charge in [-0.3, -0.25) is 0 Å². The predicted molar refractivity (Wildman–Crippen MR) is 251 cm³/mol. The number of aromatic nitrogens is 1. The SMILES string of the molecule is [C-]#[N+]c1c(-c2ccccc2)c(C#N)c(N2c3ccccc3C(C)(C)c3ccccc32)c(-n2c3ccccc3c3ccccc32)c1N1c2ccccc2C(C)(C)c2ccccc21. The molecule has 0 saturated carbocycles. The fourth-order valence-corrected chi connectivity index (χ4v) is 10.4. The molecule has 0 aliphatic carbocycles. The van der Waals surface area contributed by atoms with Crippen molar-refractivity contribution in [1.29, 1.82) is 5.26 Å². The first-order valence-corrected chi connectivity index (χ1v) is 20.8. The molecule has 2 aliphatic rings. The van der Waals surface area contributed by atoms with Crippen LogP contribution in [0.1, 0.15) is 55.5 Å². The van der Waals surface area contributed by atoms with Gasteiger partial charge >= 0.3 is 0 Å². The van der Waals surface area contributed by atoms with E-state index < -0.39 is 0 Å². The van der Waals surface area contributed by atoms with E-state index >= 15 is 0 Å². The van der Waals surface area contributed by atoms with Crippen LogP contribution in [0.2, 0.25) is 0 Å². The molecular formula is C56H41N5. The molecule has 11 rings (SSSR count). The lowest BCUT2D eigenvalue weighted by molar-refractivity contribution is 0.631. The molecular weight excluding hydrogens is 743 g/mol. The maximum absolute atomic E-state index is 11.9. The Hall–Kier alpha value is -7.86. The van der Waals surface area contributed by atoms with Gasteiger partial charge in [-0.2, -0.15) is 5.26 Å². The molecule has 5 nitrogen and oxygen atoms in total. The second kappa shape index (κ2) is 13.3. The topological polar surface area (TPSA) is 39.6 Å². The van der Waals surface area contributed by atoms with Crippen LogP contribution in [0.3, 0.4) is 0 Å². The van der Waals surface area contributed by atoms with Crippen LogP contribution < -0.4 is 9.80 Å². The molecule has 0 unspecified atom stereocenters. The third-order valence-electron chi connectivity index (χ3n) is 13.2. The molecule has 9 aromatic rings. The zero-order valence-electron chi connectivity index (χ0n) is 34.5. The average molecular weight is 784 g/mol. The Labute approximate surface area is 356 Å². The molecule has 0 amide bonds. The highest BCUT2D eigenvalue weighted by atomic mass is 15.2.